The molecule has 1 aromatic rings. The molecule has 1 aromatic carbocycles. The molecule has 0 fully saturated rings. The number of nitrogens with one attached hydrogen (secondary N) is 1. The number of ether oxygens (including phenoxy) is 1. The molecule has 0 bridgehead atoms. The lowest BCUT2D eigenvalue weighted by Gasteiger charge is -2.19. The van der Waals surface area contributed by atoms with Crippen LogP contribution in [0.5, 0.6) is 5.75 Å². The van der Waals surface area contributed by atoms with Crippen molar-refractivity contribution < 1.29 is 4.74 Å². The van der Waals surface area contributed by atoms with Gasteiger partial charge in [-0.05, 0) is 41.6 Å². The van der Waals surface area contributed by atoms with Crippen LogP contribution in [-0.2, 0) is 5.41 Å². The second-order valence-corrected chi connectivity index (χ2v) is 5.88. The molecular formula is C16H23NO. The fourth-order valence-corrected chi connectivity index (χ4v) is 2.03. The minimum atomic E-state index is 0.204. The standard InChI is InChI=1S/C16H23NO/c1-16(2,3)14-4-6-15(7-5-14)18-12-13-8-10-17-11-9-13/h4-8,17H,9-12H2,1-3H3. The van der Waals surface area contributed by atoms with Crippen LogP contribution < -0.4 is 10.1 Å². The van der Waals surface area contributed by atoms with Crippen molar-refractivity contribution in [1.82, 2.24) is 5.32 Å². The zero-order chi connectivity index (χ0) is 13.0. The van der Waals surface area contributed by atoms with E-state index in [1.807, 2.05) is 0 Å². The molecule has 18 heavy (non-hydrogen) atoms. The molecule has 0 aromatic heterocycles. The first-order valence-electron chi connectivity index (χ1n) is 6.68. The minimum absolute atomic E-state index is 0.204. The van der Waals surface area contributed by atoms with Crippen molar-refractivity contribution in [3.05, 3.63) is 41.5 Å². The molecule has 1 aliphatic heterocycles. The molecule has 0 amide bonds. The highest BCUT2D eigenvalue weighted by atomic mass is 16.5. The summed E-state index contributed by atoms with van der Waals surface area (Å²) in [4.78, 5) is 0. The molecule has 0 atom stereocenters. The largest absolute Gasteiger partial charge is 0.489 e. The summed E-state index contributed by atoms with van der Waals surface area (Å²) < 4.78 is 5.82. The summed E-state index contributed by atoms with van der Waals surface area (Å²) in [6, 6.07) is 8.46. The molecular weight excluding hydrogens is 222 g/mol. The topological polar surface area (TPSA) is 21.3 Å². The van der Waals surface area contributed by atoms with E-state index in [9.17, 15) is 0 Å². The third-order valence-electron chi connectivity index (χ3n) is 3.30. The molecule has 1 aliphatic rings. The Bertz CT molecular complexity index is 412. The zero-order valence-corrected chi connectivity index (χ0v) is 11.6. The molecule has 0 radical (unpaired) electrons. The number of hydrogen-bond donors (Lipinski definition) is 1. The quantitative estimate of drug-likeness (QED) is 0.825. The van der Waals surface area contributed by atoms with Crippen LogP contribution in [0.1, 0.15) is 32.8 Å². The van der Waals surface area contributed by atoms with Gasteiger partial charge in [-0.25, -0.2) is 0 Å². The highest BCUT2D eigenvalue weighted by molar-refractivity contribution is 5.31. The molecule has 0 unspecified atom stereocenters. The van der Waals surface area contributed by atoms with E-state index in [1.54, 1.807) is 0 Å². The lowest BCUT2D eigenvalue weighted by atomic mass is 9.87. The minimum Gasteiger partial charge on any atom is -0.489 e. The van der Waals surface area contributed by atoms with Gasteiger partial charge in [-0.15, -0.1) is 0 Å². The van der Waals surface area contributed by atoms with Crippen molar-refractivity contribution in [3.63, 3.8) is 0 Å². The van der Waals surface area contributed by atoms with Crippen LogP contribution >= 0.6 is 0 Å². The van der Waals surface area contributed by atoms with Crippen molar-refractivity contribution >= 4 is 0 Å². The van der Waals surface area contributed by atoms with Gasteiger partial charge in [0, 0.05) is 6.54 Å². The van der Waals surface area contributed by atoms with E-state index in [0.29, 0.717) is 0 Å². The Morgan fingerprint density at radius 2 is 1.89 bits per heavy atom. The summed E-state index contributed by atoms with van der Waals surface area (Å²) in [5.41, 5.74) is 2.94. The summed E-state index contributed by atoms with van der Waals surface area (Å²) >= 11 is 0. The van der Waals surface area contributed by atoms with Gasteiger partial charge in [-0.2, -0.15) is 0 Å². The van der Waals surface area contributed by atoms with Gasteiger partial charge in [-0.3, -0.25) is 0 Å². The SMILES string of the molecule is CC(C)(C)c1ccc(OCC2=CCNCC2)cc1. The van der Waals surface area contributed by atoms with Crippen LogP contribution in [0, 0.1) is 0 Å². The van der Waals surface area contributed by atoms with E-state index in [4.69, 9.17) is 4.74 Å². The van der Waals surface area contributed by atoms with Crippen molar-refractivity contribution in [3.8, 4) is 5.75 Å². The normalized spacial score (nSPS) is 16.3. The number of benzene rings is 1. The van der Waals surface area contributed by atoms with Crippen LogP contribution in [0.2, 0.25) is 0 Å². The van der Waals surface area contributed by atoms with Gasteiger partial charge in [0.2, 0.25) is 0 Å². The Balaban J connectivity index is 1.92. The molecule has 0 spiro atoms. The predicted octanol–water partition coefficient (Wildman–Crippen LogP) is 3.28. The van der Waals surface area contributed by atoms with Crippen LogP contribution in [0.25, 0.3) is 0 Å². The van der Waals surface area contributed by atoms with Crippen molar-refractivity contribution in [2.45, 2.75) is 32.6 Å². The van der Waals surface area contributed by atoms with E-state index >= 15 is 0 Å². The molecule has 2 rings (SSSR count). The van der Waals surface area contributed by atoms with Crippen LogP contribution in [0.3, 0.4) is 0 Å². The predicted molar refractivity (Wildman–Crippen MR) is 76.2 cm³/mol. The van der Waals surface area contributed by atoms with Crippen molar-refractivity contribution in [2.24, 2.45) is 0 Å². The maximum absolute atomic E-state index is 5.82. The molecule has 0 saturated heterocycles. The van der Waals surface area contributed by atoms with Gasteiger partial charge in [0.15, 0.2) is 0 Å². The molecule has 2 heteroatoms. The first-order chi connectivity index (χ1) is 8.55. The monoisotopic (exact) mass is 245 g/mol. The highest BCUT2D eigenvalue weighted by Crippen LogP contribution is 2.24. The third kappa shape index (κ3) is 3.61. The fraction of sp³-hybridized carbons (Fsp3) is 0.500. The van der Waals surface area contributed by atoms with Crippen LogP contribution in [0.4, 0.5) is 0 Å². The summed E-state index contributed by atoms with van der Waals surface area (Å²) in [5, 5.41) is 3.31. The Kier molecular flexibility index (Phi) is 4.07. The smallest absolute Gasteiger partial charge is 0.119 e. The van der Waals surface area contributed by atoms with E-state index in [2.05, 4.69) is 56.4 Å². The van der Waals surface area contributed by atoms with Gasteiger partial charge in [0.1, 0.15) is 12.4 Å². The second-order valence-electron chi connectivity index (χ2n) is 5.88. The highest BCUT2D eigenvalue weighted by Gasteiger charge is 2.13. The van der Waals surface area contributed by atoms with Crippen molar-refractivity contribution in [2.75, 3.05) is 19.7 Å². The first-order valence-corrected chi connectivity index (χ1v) is 6.68. The zero-order valence-electron chi connectivity index (χ0n) is 11.6. The Morgan fingerprint density at radius 1 is 1.17 bits per heavy atom. The third-order valence-corrected chi connectivity index (χ3v) is 3.30. The summed E-state index contributed by atoms with van der Waals surface area (Å²) in [7, 11) is 0. The molecule has 98 valence electrons. The Hall–Kier alpha value is -1.28. The molecule has 2 nitrogen and oxygen atoms in total. The Morgan fingerprint density at radius 3 is 2.44 bits per heavy atom. The molecule has 1 heterocycles. The molecule has 0 saturated carbocycles. The average molecular weight is 245 g/mol. The second kappa shape index (κ2) is 5.57. The summed E-state index contributed by atoms with van der Waals surface area (Å²) in [6.07, 6.45) is 3.33. The Labute approximate surface area is 110 Å². The molecule has 1 N–H and O–H groups in total. The van der Waals surface area contributed by atoms with E-state index in [-0.39, 0.29) is 5.41 Å². The van der Waals surface area contributed by atoms with Gasteiger partial charge in [0.05, 0.1) is 0 Å². The van der Waals surface area contributed by atoms with Gasteiger partial charge in [-0.1, -0.05) is 39.0 Å². The number of rotatable bonds is 3. The molecule has 0 aliphatic carbocycles. The van der Waals surface area contributed by atoms with Gasteiger partial charge < -0.3 is 10.1 Å². The first kappa shape index (κ1) is 13.2. The van der Waals surface area contributed by atoms with Gasteiger partial charge in [0.25, 0.3) is 0 Å². The average Bonchev–Trinajstić information content (AvgIpc) is 2.37. The van der Waals surface area contributed by atoms with Crippen molar-refractivity contribution in [1.29, 1.82) is 0 Å². The van der Waals surface area contributed by atoms with Gasteiger partial charge >= 0.3 is 0 Å². The maximum atomic E-state index is 5.82. The van der Waals surface area contributed by atoms with E-state index in [1.165, 1.54) is 11.1 Å². The van der Waals surface area contributed by atoms with E-state index in [0.717, 1.165) is 31.9 Å². The van der Waals surface area contributed by atoms with E-state index < -0.39 is 0 Å². The van der Waals surface area contributed by atoms with Crippen LogP contribution in [-0.4, -0.2) is 19.7 Å². The lowest BCUT2D eigenvalue weighted by Crippen LogP contribution is -2.22. The summed E-state index contributed by atoms with van der Waals surface area (Å²) in [6.45, 7) is 9.43. The number of hydrogen-bond acceptors (Lipinski definition) is 2. The summed E-state index contributed by atoms with van der Waals surface area (Å²) in [5.74, 6) is 0.961. The maximum Gasteiger partial charge on any atom is 0.119 e. The fourth-order valence-electron chi connectivity index (χ4n) is 2.03. The lowest BCUT2D eigenvalue weighted by molar-refractivity contribution is 0.344. The van der Waals surface area contributed by atoms with Crippen LogP contribution in [0.15, 0.2) is 35.9 Å².